The first-order chi connectivity index (χ1) is 11.1. The molecule has 0 spiro atoms. The molecular formula is C17H18ClNO4. The predicted octanol–water partition coefficient (Wildman–Crippen LogP) is 3.30. The van der Waals surface area contributed by atoms with Gasteiger partial charge in [-0.25, -0.2) is 0 Å². The highest BCUT2D eigenvalue weighted by molar-refractivity contribution is 6.32. The van der Waals surface area contributed by atoms with E-state index in [0.717, 1.165) is 5.56 Å². The van der Waals surface area contributed by atoms with E-state index < -0.39 is 0 Å². The third-order valence-corrected chi connectivity index (χ3v) is 3.62. The molecule has 0 aliphatic carbocycles. The first-order valence-electron chi connectivity index (χ1n) is 6.92. The van der Waals surface area contributed by atoms with Crippen molar-refractivity contribution in [3.05, 3.63) is 52.5 Å². The highest BCUT2D eigenvalue weighted by atomic mass is 35.5. The molecule has 0 aliphatic rings. The summed E-state index contributed by atoms with van der Waals surface area (Å²) in [7, 11) is 4.57. The van der Waals surface area contributed by atoms with Crippen LogP contribution in [0.1, 0.15) is 15.9 Å². The molecule has 23 heavy (non-hydrogen) atoms. The van der Waals surface area contributed by atoms with E-state index in [1.54, 1.807) is 37.4 Å². The Labute approximate surface area is 140 Å². The summed E-state index contributed by atoms with van der Waals surface area (Å²) in [5, 5.41) is 3.33. The minimum Gasteiger partial charge on any atom is -0.496 e. The molecule has 0 bridgehead atoms. The SMILES string of the molecule is COc1ccc(CNC(=O)c2c(OC)cccc2OC)cc1Cl. The second kappa shape index (κ2) is 7.74. The standard InChI is InChI=1S/C17H18ClNO4/c1-21-13-8-7-11(9-12(13)18)10-19-17(20)16-14(22-2)5-4-6-15(16)23-3/h4-9H,10H2,1-3H3,(H,19,20). The van der Waals surface area contributed by atoms with Gasteiger partial charge in [-0.2, -0.15) is 0 Å². The lowest BCUT2D eigenvalue weighted by Crippen LogP contribution is -2.24. The van der Waals surface area contributed by atoms with Crippen LogP contribution in [0.15, 0.2) is 36.4 Å². The van der Waals surface area contributed by atoms with E-state index in [9.17, 15) is 4.79 Å². The lowest BCUT2D eigenvalue weighted by atomic mass is 10.1. The Morgan fingerprint density at radius 1 is 1.00 bits per heavy atom. The second-order valence-electron chi connectivity index (χ2n) is 4.69. The van der Waals surface area contributed by atoms with Crippen molar-refractivity contribution in [1.29, 1.82) is 0 Å². The van der Waals surface area contributed by atoms with E-state index >= 15 is 0 Å². The lowest BCUT2D eigenvalue weighted by Gasteiger charge is -2.13. The number of rotatable bonds is 6. The summed E-state index contributed by atoms with van der Waals surface area (Å²) in [6.45, 7) is 0.323. The third-order valence-electron chi connectivity index (χ3n) is 3.32. The van der Waals surface area contributed by atoms with Crippen molar-refractivity contribution in [1.82, 2.24) is 5.32 Å². The average molecular weight is 336 g/mol. The Morgan fingerprint density at radius 3 is 2.13 bits per heavy atom. The molecule has 2 aromatic carbocycles. The van der Waals surface area contributed by atoms with Crippen molar-refractivity contribution in [2.75, 3.05) is 21.3 Å². The first kappa shape index (κ1) is 17.0. The second-order valence-corrected chi connectivity index (χ2v) is 5.10. The molecule has 5 nitrogen and oxygen atoms in total. The van der Waals surface area contributed by atoms with Crippen molar-refractivity contribution >= 4 is 17.5 Å². The van der Waals surface area contributed by atoms with E-state index in [2.05, 4.69) is 5.32 Å². The van der Waals surface area contributed by atoms with Gasteiger partial charge in [-0.1, -0.05) is 23.7 Å². The molecule has 0 aliphatic heterocycles. The van der Waals surface area contributed by atoms with Gasteiger partial charge in [-0.3, -0.25) is 4.79 Å². The van der Waals surface area contributed by atoms with Crippen LogP contribution in [0.4, 0.5) is 0 Å². The number of halogens is 1. The number of methoxy groups -OCH3 is 3. The largest absolute Gasteiger partial charge is 0.496 e. The Balaban J connectivity index is 2.15. The minimum absolute atomic E-state index is 0.286. The zero-order valence-corrected chi connectivity index (χ0v) is 13.9. The van der Waals surface area contributed by atoms with Gasteiger partial charge in [0.1, 0.15) is 22.8 Å². The van der Waals surface area contributed by atoms with Crippen molar-refractivity contribution in [2.45, 2.75) is 6.54 Å². The molecule has 0 fully saturated rings. The fourth-order valence-corrected chi connectivity index (χ4v) is 2.45. The van der Waals surface area contributed by atoms with Crippen LogP contribution in [0.25, 0.3) is 0 Å². The van der Waals surface area contributed by atoms with Crippen LogP contribution < -0.4 is 19.5 Å². The van der Waals surface area contributed by atoms with Gasteiger partial charge >= 0.3 is 0 Å². The Kier molecular flexibility index (Phi) is 5.71. The molecule has 0 atom stereocenters. The van der Waals surface area contributed by atoms with Crippen LogP contribution in [-0.2, 0) is 6.54 Å². The highest BCUT2D eigenvalue weighted by Gasteiger charge is 2.17. The molecule has 2 rings (SSSR count). The zero-order chi connectivity index (χ0) is 16.8. The fraction of sp³-hybridized carbons (Fsp3) is 0.235. The van der Waals surface area contributed by atoms with Crippen molar-refractivity contribution in [3.8, 4) is 17.2 Å². The molecule has 0 heterocycles. The van der Waals surface area contributed by atoms with Crippen molar-refractivity contribution in [2.24, 2.45) is 0 Å². The van der Waals surface area contributed by atoms with Gasteiger partial charge in [0.05, 0.1) is 26.4 Å². The summed E-state index contributed by atoms with van der Waals surface area (Å²) >= 11 is 6.08. The van der Waals surface area contributed by atoms with Crippen LogP contribution in [0.2, 0.25) is 5.02 Å². The number of hydrogen-bond acceptors (Lipinski definition) is 4. The fourth-order valence-electron chi connectivity index (χ4n) is 2.17. The maximum Gasteiger partial charge on any atom is 0.259 e. The van der Waals surface area contributed by atoms with Crippen LogP contribution >= 0.6 is 11.6 Å². The van der Waals surface area contributed by atoms with E-state index in [1.807, 2.05) is 6.07 Å². The number of hydrogen-bond donors (Lipinski definition) is 1. The Bertz CT molecular complexity index is 681. The molecule has 1 N–H and O–H groups in total. The van der Waals surface area contributed by atoms with E-state index in [0.29, 0.717) is 34.4 Å². The first-order valence-corrected chi connectivity index (χ1v) is 7.30. The number of amides is 1. The number of nitrogens with one attached hydrogen (secondary N) is 1. The van der Waals surface area contributed by atoms with Gasteiger partial charge in [0.25, 0.3) is 5.91 Å². The van der Waals surface area contributed by atoms with Crippen LogP contribution in [0.5, 0.6) is 17.2 Å². The van der Waals surface area contributed by atoms with Crippen LogP contribution in [0, 0.1) is 0 Å². The number of carbonyl (C=O) groups excluding carboxylic acids is 1. The van der Waals surface area contributed by atoms with Gasteiger partial charge < -0.3 is 19.5 Å². The molecule has 6 heteroatoms. The summed E-state index contributed by atoms with van der Waals surface area (Å²) in [4.78, 5) is 12.5. The molecule has 0 saturated carbocycles. The Morgan fingerprint density at radius 2 is 1.61 bits per heavy atom. The van der Waals surface area contributed by atoms with E-state index in [4.69, 9.17) is 25.8 Å². The summed E-state index contributed by atoms with van der Waals surface area (Å²) < 4.78 is 15.6. The van der Waals surface area contributed by atoms with Crippen molar-refractivity contribution < 1.29 is 19.0 Å². The van der Waals surface area contributed by atoms with Gasteiger partial charge in [0.2, 0.25) is 0 Å². The average Bonchev–Trinajstić information content (AvgIpc) is 2.58. The molecule has 0 aromatic heterocycles. The van der Waals surface area contributed by atoms with Gasteiger partial charge in [0.15, 0.2) is 0 Å². The smallest absolute Gasteiger partial charge is 0.259 e. The molecular weight excluding hydrogens is 318 g/mol. The molecule has 2 aromatic rings. The number of carbonyl (C=O) groups is 1. The van der Waals surface area contributed by atoms with Gasteiger partial charge in [-0.15, -0.1) is 0 Å². The monoisotopic (exact) mass is 335 g/mol. The van der Waals surface area contributed by atoms with Gasteiger partial charge in [0, 0.05) is 6.54 Å². The lowest BCUT2D eigenvalue weighted by molar-refractivity contribution is 0.0944. The summed E-state index contributed by atoms with van der Waals surface area (Å²) in [6.07, 6.45) is 0. The number of benzene rings is 2. The van der Waals surface area contributed by atoms with E-state index in [-0.39, 0.29) is 5.91 Å². The van der Waals surface area contributed by atoms with E-state index in [1.165, 1.54) is 14.2 Å². The zero-order valence-electron chi connectivity index (χ0n) is 13.2. The summed E-state index contributed by atoms with van der Waals surface area (Å²) in [6, 6.07) is 10.5. The number of ether oxygens (including phenoxy) is 3. The third kappa shape index (κ3) is 3.87. The maximum atomic E-state index is 12.5. The van der Waals surface area contributed by atoms with Gasteiger partial charge in [-0.05, 0) is 29.8 Å². The minimum atomic E-state index is -0.286. The Hall–Kier alpha value is -2.40. The molecule has 122 valence electrons. The molecule has 0 radical (unpaired) electrons. The highest BCUT2D eigenvalue weighted by Crippen LogP contribution is 2.28. The topological polar surface area (TPSA) is 56.8 Å². The maximum absolute atomic E-state index is 12.5. The molecule has 0 saturated heterocycles. The van der Waals surface area contributed by atoms with Crippen LogP contribution in [0.3, 0.4) is 0 Å². The molecule has 0 unspecified atom stereocenters. The van der Waals surface area contributed by atoms with Crippen LogP contribution in [-0.4, -0.2) is 27.2 Å². The molecule has 1 amide bonds. The summed E-state index contributed by atoms with van der Waals surface area (Å²) in [5.74, 6) is 1.21. The van der Waals surface area contributed by atoms with Crippen molar-refractivity contribution in [3.63, 3.8) is 0 Å². The normalized spacial score (nSPS) is 10.1. The quantitative estimate of drug-likeness (QED) is 0.880. The summed E-state index contributed by atoms with van der Waals surface area (Å²) in [5.41, 5.74) is 1.22. The predicted molar refractivity (Wildman–Crippen MR) is 88.7 cm³/mol.